The van der Waals surface area contributed by atoms with Crippen molar-refractivity contribution in [3.05, 3.63) is 60.3 Å². The molecule has 3 aromatic heterocycles. The molecule has 0 spiro atoms. The van der Waals surface area contributed by atoms with E-state index < -0.39 is 0 Å². The second kappa shape index (κ2) is 4.95. The van der Waals surface area contributed by atoms with Gasteiger partial charge in [0.05, 0.1) is 17.6 Å². The Balaban J connectivity index is 1.87. The van der Waals surface area contributed by atoms with Gasteiger partial charge in [-0.1, -0.05) is 30.3 Å². The Morgan fingerprint density at radius 1 is 1.10 bits per heavy atom. The first kappa shape index (κ1) is 12.0. The van der Waals surface area contributed by atoms with Crippen molar-refractivity contribution in [3.63, 3.8) is 0 Å². The van der Waals surface area contributed by atoms with E-state index in [1.54, 1.807) is 34.9 Å². The molecule has 102 valence electrons. The summed E-state index contributed by atoms with van der Waals surface area (Å²) in [6.45, 7) is 0. The predicted octanol–water partition coefficient (Wildman–Crippen LogP) is 2.54. The Morgan fingerprint density at radius 2 is 1.90 bits per heavy atom. The van der Waals surface area contributed by atoms with Crippen molar-refractivity contribution in [2.75, 3.05) is 0 Å². The van der Waals surface area contributed by atoms with Gasteiger partial charge in [-0.2, -0.15) is 5.10 Å². The highest BCUT2D eigenvalue weighted by atomic mass is 32.1. The van der Waals surface area contributed by atoms with Crippen LogP contribution in [0.4, 0.5) is 0 Å². The number of benzene rings is 1. The third kappa shape index (κ3) is 2.13. The Morgan fingerprint density at radius 3 is 2.71 bits per heavy atom. The molecule has 3 heterocycles. The van der Waals surface area contributed by atoms with E-state index >= 15 is 0 Å². The molecule has 21 heavy (non-hydrogen) atoms. The number of imidazole rings is 1. The van der Waals surface area contributed by atoms with Crippen LogP contribution in [0.25, 0.3) is 16.2 Å². The van der Waals surface area contributed by atoms with Crippen LogP contribution in [0.5, 0.6) is 0 Å². The van der Waals surface area contributed by atoms with Gasteiger partial charge in [0, 0.05) is 17.1 Å². The van der Waals surface area contributed by atoms with Crippen LogP contribution < -0.4 is 0 Å². The molecule has 7 heteroatoms. The number of hydrogen-bond donors (Lipinski definition) is 0. The highest BCUT2D eigenvalue weighted by Crippen LogP contribution is 2.25. The van der Waals surface area contributed by atoms with Gasteiger partial charge in [0.25, 0.3) is 0 Å². The van der Waals surface area contributed by atoms with Crippen molar-refractivity contribution in [2.45, 2.75) is 0 Å². The van der Waals surface area contributed by atoms with Gasteiger partial charge in [-0.3, -0.25) is 4.40 Å². The molecule has 0 fully saturated rings. The van der Waals surface area contributed by atoms with E-state index in [2.05, 4.69) is 15.3 Å². The third-order valence-corrected chi connectivity index (χ3v) is 3.82. The number of thiazole rings is 1. The van der Waals surface area contributed by atoms with Crippen molar-refractivity contribution in [2.24, 2.45) is 5.10 Å². The molecule has 0 radical (unpaired) electrons. The normalized spacial score (nSPS) is 11.6. The first-order valence-corrected chi connectivity index (χ1v) is 7.20. The zero-order chi connectivity index (χ0) is 14.1. The highest BCUT2D eigenvalue weighted by Gasteiger charge is 2.13. The van der Waals surface area contributed by atoms with Crippen LogP contribution in [-0.2, 0) is 0 Å². The van der Waals surface area contributed by atoms with E-state index in [0.717, 1.165) is 21.9 Å². The first-order chi connectivity index (χ1) is 10.4. The molecule has 0 aliphatic heterocycles. The molecule has 0 saturated carbocycles. The lowest BCUT2D eigenvalue weighted by atomic mass is 10.1. The summed E-state index contributed by atoms with van der Waals surface area (Å²) < 4.78 is 3.58. The van der Waals surface area contributed by atoms with Crippen LogP contribution in [0.15, 0.2) is 59.7 Å². The van der Waals surface area contributed by atoms with Crippen molar-refractivity contribution in [3.8, 4) is 11.3 Å². The number of rotatable bonds is 3. The fraction of sp³-hybridized carbons (Fsp3) is 0. The number of fused-ring (bicyclic) bond motifs is 1. The fourth-order valence-electron chi connectivity index (χ4n) is 2.11. The molecule has 4 aromatic rings. The summed E-state index contributed by atoms with van der Waals surface area (Å²) in [6, 6.07) is 10.1. The Labute approximate surface area is 124 Å². The molecule has 0 aliphatic rings. The number of aromatic nitrogens is 5. The molecule has 0 N–H and O–H groups in total. The number of nitrogens with zero attached hydrogens (tertiary/aromatic N) is 6. The molecule has 0 saturated heterocycles. The van der Waals surface area contributed by atoms with E-state index in [9.17, 15) is 0 Å². The largest absolute Gasteiger partial charge is 0.289 e. The van der Waals surface area contributed by atoms with E-state index in [-0.39, 0.29) is 0 Å². The van der Waals surface area contributed by atoms with Gasteiger partial charge in [0.1, 0.15) is 12.7 Å². The molecular weight excluding hydrogens is 284 g/mol. The molecule has 0 amide bonds. The molecule has 0 unspecified atom stereocenters. The van der Waals surface area contributed by atoms with E-state index in [0.29, 0.717) is 0 Å². The lowest BCUT2D eigenvalue weighted by molar-refractivity contribution is 0.877. The smallest absolute Gasteiger partial charge is 0.194 e. The summed E-state index contributed by atoms with van der Waals surface area (Å²) in [5.74, 6) is 0. The summed E-state index contributed by atoms with van der Waals surface area (Å²) in [5.41, 5.74) is 2.92. The standard InChI is InChI=1S/C14H10N6S/c1-2-4-11(5-3-1)13-12(8-17-19-9-15-16-10-19)20-6-7-21-14(20)18-13/h1-10H/b17-8+. The minimum absolute atomic E-state index is 0.916. The van der Waals surface area contributed by atoms with Crippen LogP contribution in [0.3, 0.4) is 0 Å². The monoisotopic (exact) mass is 294 g/mol. The van der Waals surface area contributed by atoms with Gasteiger partial charge in [0.2, 0.25) is 0 Å². The topological polar surface area (TPSA) is 60.4 Å². The Bertz CT molecular complexity index is 888. The maximum absolute atomic E-state index is 4.69. The molecule has 0 atom stereocenters. The quantitative estimate of drug-likeness (QED) is 0.545. The lowest BCUT2D eigenvalue weighted by Gasteiger charge is -1.99. The Kier molecular flexibility index (Phi) is 2.82. The molecule has 6 nitrogen and oxygen atoms in total. The Hall–Kier alpha value is -2.80. The average Bonchev–Trinajstić information content (AvgIpc) is 3.23. The van der Waals surface area contributed by atoms with Gasteiger partial charge in [0.15, 0.2) is 4.96 Å². The van der Waals surface area contributed by atoms with Crippen molar-refractivity contribution >= 4 is 22.5 Å². The molecular formula is C14H10N6S. The highest BCUT2D eigenvalue weighted by molar-refractivity contribution is 7.15. The zero-order valence-electron chi connectivity index (χ0n) is 10.9. The van der Waals surface area contributed by atoms with Crippen LogP contribution in [0, 0.1) is 0 Å². The summed E-state index contributed by atoms with van der Waals surface area (Å²) in [5, 5.41) is 13.8. The van der Waals surface area contributed by atoms with Crippen molar-refractivity contribution in [1.82, 2.24) is 24.3 Å². The lowest BCUT2D eigenvalue weighted by Crippen LogP contribution is -1.94. The van der Waals surface area contributed by atoms with E-state index in [1.165, 1.54) is 0 Å². The molecule has 0 aliphatic carbocycles. The average molecular weight is 294 g/mol. The van der Waals surface area contributed by atoms with Gasteiger partial charge in [-0.25, -0.2) is 9.66 Å². The first-order valence-electron chi connectivity index (χ1n) is 6.32. The van der Waals surface area contributed by atoms with Gasteiger partial charge < -0.3 is 0 Å². The van der Waals surface area contributed by atoms with Crippen LogP contribution >= 0.6 is 11.3 Å². The second-order valence-corrected chi connectivity index (χ2v) is 5.23. The molecule has 1 aromatic carbocycles. The van der Waals surface area contributed by atoms with Crippen LogP contribution in [0.2, 0.25) is 0 Å². The van der Waals surface area contributed by atoms with Crippen LogP contribution in [0.1, 0.15) is 5.69 Å². The van der Waals surface area contributed by atoms with Crippen molar-refractivity contribution < 1.29 is 0 Å². The number of hydrogen-bond acceptors (Lipinski definition) is 5. The maximum Gasteiger partial charge on any atom is 0.194 e. The zero-order valence-corrected chi connectivity index (χ0v) is 11.7. The molecule has 4 rings (SSSR count). The summed E-state index contributed by atoms with van der Waals surface area (Å²) in [6.07, 6.45) is 6.86. The van der Waals surface area contributed by atoms with E-state index in [4.69, 9.17) is 4.98 Å². The maximum atomic E-state index is 4.69. The van der Waals surface area contributed by atoms with Crippen LogP contribution in [-0.4, -0.2) is 30.5 Å². The summed E-state index contributed by atoms with van der Waals surface area (Å²) in [7, 11) is 0. The van der Waals surface area contributed by atoms with Gasteiger partial charge >= 0.3 is 0 Å². The third-order valence-electron chi connectivity index (χ3n) is 3.07. The SMILES string of the molecule is C(=N\n1cnnc1)/c1c(-c2ccccc2)nc2sccn12. The van der Waals surface area contributed by atoms with E-state index in [1.807, 2.05) is 46.3 Å². The second-order valence-electron chi connectivity index (χ2n) is 4.35. The molecule has 0 bridgehead atoms. The predicted molar refractivity (Wildman–Crippen MR) is 81.5 cm³/mol. The van der Waals surface area contributed by atoms with Crippen molar-refractivity contribution in [1.29, 1.82) is 0 Å². The van der Waals surface area contributed by atoms with Gasteiger partial charge in [-0.15, -0.1) is 21.5 Å². The fourth-order valence-corrected chi connectivity index (χ4v) is 2.83. The minimum Gasteiger partial charge on any atom is -0.289 e. The summed E-state index contributed by atoms with van der Waals surface area (Å²) >= 11 is 1.60. The minimum atomic E-state index is 0.916. The van der Waals surface area contributed by atoms with Gasteiger partial charge in [-0.05, 0) is 0 Å². The summed E-state index contributed by atoms with van der Waals surface area (Å²) in [4.78, 5) is 5.64.